The van der Waals surface area contributed by atoms with Crippen molar-refractivity contribution in [2.24, 2.45) is 4.99 Å². The third kappa shape index (κ3) is 6.48. The smallest absolute Gasteiger partial charge is 0.145 e. The molecule has 0 radical (unpaired) electrons. The average molecular weight is 805 g/mol. The first-order valence-electron chi connectivity index (χ1n) is 21.5. The maximum atomic E-state index is 5.47. The summed E-state index contributed by atoms with van der Waals surface area (Å²) in [6, 6.07) is 80.0. The van der Waals surface area contributed by atoms with Gasteiger partial charge in [0.25, 0.3) is 0 Å². The molecule has 2 aromatic heterocycles. The number of nitrogens with zero attached hydrogens (tertiary/aromatic N) is 3. The normalized spacial score (nSPS) is 13.9. The molecule has 4 nitrogen and oxygen atoms in total. The number of benzene rings is 9. The van der Waals surface area contributed by atoms with Gasteiger partial charge >= 0.3 is 0 Å². The molecule has 0 fully saturated rings. The van der Waals surface area contributed by atoms with Crippen LogP contribution in [0.5, 0.6) is 0 Å². The quantitative estimate of drug-likeness (QED) is 0.163. The molecule has 0 amide bonds. The third-order valence-electron chi connectivity index (χ3n) is 12.4. The monoisotopic (exact) mass is 804 g/mol. The Hall–Kier alpha value is -8.34. The van der Waals surface area contributed by atoms with Crippen LogP contribution in [0.2, 0.25) is 0 Å². The van der Waals surface area contributed by atoms with E-state index in [0.29, 0.717) is 0 Å². The van der Waals surface area contributed by atoms with E-state index in [1.54, 1.807) is 0 Å². The van der Waals surface area contributed by atoms with Crippen LogP contribution in [0.15, 0.2) is 236 Å². The molecule has 1 N–H and O–H groups in total. The van der Waals surface area contributed by atoms with Gasteiger partial charge in [-0.3, -0.25) is 4.99 Å². The molecule has 12 rings (SSSR count). The lowest BCUT2D eigenvalue weighted by atomic mass is 9.94. The van der Waals surface area contributed by atoms with Gasteiger partial charge in [0, 0.05) is 38.5 Å². The summed E-state index contributed by atoms with van der Waals surface area (Å²) in [4.78, 5) is 10.7. The number of para-hydroxylation sites is 2. The van der Waals surface area contributed by atoms with Crippen LogP contribution in [-0.2, 0) is 0 Å². The summed E-state index contributed by atoms with van der Waals surface area (Å²) in [7, 11) is 0. The van der Waals surface area contributed by atoms with Crippen LogP contribution in [0.3, 0.4) is 0 Å². The Morgan fingerprint density at radius 3 is 1.78 bits per heavy atom. The summed E-state index contributed by atoms with van der Waals surface area (Å²) in [5.41, 5.74) is 16.5. The van der Waals surface area contributed by atoms with Crippen LogP contribution >= 0.6 is 0 Å². The molecule has 0 bridgehead atoms. The van der Waals surface area contributed by atoms with Crippen LogP contribution in [0.25, 0.3) is 88.4 Å². The number of aromatic nitrogens is 2. The lowest BCUT2D eigenvalue weighted by Crippen LogP contribution is -2.24. The molecular formula is C59H40N4. The van der Waals surface area contributed by atoms with Gasteiger partial charge in [0.2, 0.25) is 0 Å². The molecule has 11 aromatic rings. The second kappa shape index (κ2) is 15.3. The fourth-order valence-corrected chi connectivity index (χ4v) is 9.38. The first kappa shape index (κ1) is 36.5. The number of hydrogen-bond acceptors (Lipinski definition) is 3. The predicted molar refractivity (Wildman–Crippen MR) is 263 cm³/mol. The highest BCUT2D eigenvalue weighted by molar-refractivity contribution is 6.28. The van der Waals surface area contributed by atoms with Gasteiger partial charge in [0.1, 0.15) is 6.17 Å². The minimum atomic E-state index is -0.225. The van der Waals surface area contributed by atoms with Crippen molar-refractivity contribution >= 4 is 54.9 Å². The summed E-state index contributed by atoms with van der Waals surface area (Å²) < 4.78 is 2.38. The van der Waals surface area contributed by atoms with E-state index in [-0.39, 0.29) is 6.17 Å². The zero-order valence-corrected chi connectivity index (χ0v) is 34.4. The molecule has 9 aromatic carbocycles. The molecular weight excluding hydrogens is 765 g/mol. The fraction of sp³-hybridized carbons (Fsp3) is 0.0169. The van der Waals surface area contributed by atoms with E-state index in [2.05, 4.69) is 240 Å². The van der Waals surface area contributed by atoms with E-state index < -0.39 is 0 Å². The zero-order valence-electron chi connectivity index (χ0n) is 34.4. The number of hydrogen-bond donors (Lipinski definition) is 1. The van der Waals surface area contributed by atoms with E-state index in [4.69, 9.17) is 9.98 Å². The number of aliphatic imine (C=N–C) groups is 1. The second-order valence-electron chi connectivity index (χ2n) is 16.2. The molecule has 0 aliphatic carbocycles. The second-order valence-corrected chi connectivity index (χ2v) is 16.2. The molecule has 0 spiro atoms. The number of rotatable bonds is 7. The predicted octanol–water partition coefficient (Wildman–Crippen LogP) is 14.6. The third-order valence-corrected chi connectivity index (χ3v) is 12.4. The van der Waals surface area contributed by atoms with Crippen molar-refractivity contribution < 1.29 is 0 Å². The molecule has 0 saturated carbocycles. The van der Waals surface area contributed by atoms with Crippen molar-refractivity contribution in [1.29, 1.82) is 0 Å². The minimum absolute atomic E-state index is 0.225. The van der Waals surface area contributed by atoms with Crippen LogP contribution in [-0.4, -0.2) is 15.3 Å². The maximum absolute atomic E-state index is 5.47. The van der Waals surface area contributed by atoms with Gasteiger partial charge in [-0.1, -0.05) is 182 Å². The van der Waals surface area contributed by atoms with Crippen LogP contribution in [0, 0.1) is 0 Å². The maximum Gasteiger partial charge on any atom is 0.145 e. The number of pyridine rings is 1. The molecule has 63 heavy (non-hydrogen) atoms. The Bertz CT molecular complexity index is 3550. The molecule has 0 saturated heterocycles. The van der Waals surface area contributed by atoms with Gasteiger partial charge in [-0.15, -0.1) is 0 Å². The Balaban J connectivity index is 0.980. The number of nitrogens with one attached hydrogen (secondary N) is 1. The standard InChI is InChI=1S/C59H40N4/c1-5-16-39(17-6-1)44-22-15-23-46(36-44)53-38-52(61-59(62-53)43-20-9-3-10-21-43)41-30-28-40(29-31-41)45-32-34-51-50(37-45)48-33-35-55-56(57(48)58(60-51)42-18-7-2-8-19-42)49-26-13-14-27-54(49)63(55)47-24-11-4-12-25-47/h1-38,59,62H. The number of allylic oxidation sites excluding steroid dienone is 1. The molecule has 3 heterocycles. The zero-order chi connectivity index (χ0) is 41.7. The molecule has 4 heteroatoms. The van der Waals surface area contributed by atoms with E-state index in [1.165, 1.54) is 38.2 Å². The Morgan fingerprint density at radius 2 is 1.00 bits per heavy atom. The number of fused-ring (bicyclic) bond motifs is 7. The Kier molecular flexibility index (Phi) is 8.86. The van der Waals surface area contributed by atoms with Gasteiger partial charge < -0.3 is 9.88 Å². The minimum Gasteiger partial charge on any atom is -0.360 e. The average Bonchev–Trinajstić information content (AvgIpc) is 3.71. The highest BCUT2D eigenvalue weighted by Crippen LogP contribution is 2.43. The first-order valence-corrected chi connectivity index (χ1v) is 21.5. The van der Waals surface area contributed by atoms with E-state index >= 15 is 0 Å². The topological polar surface area (TPSA) is 42.2 Å². The van der Waals surface area contributed by atoms with Crippen molar-refractivity contribution in [3.63, 3.8) is 0 Å². The Morgan fingerprint density at radius 1 is 0.397 bits per heavy atom. The van der Waals surface area contributed by atoms with E-state index in [0.717, 1.165) is 72.6 Å². The molecule has 1 aliphatic heterocycles. The van der Waals surface area contributed by atoms with E-state index in [1.807, 2.05) is 0 Å². The van der Waals surface area contributed by atoms with E-state index in [9.17, 15) is 0 Å². The highest BCUT2D eigenvalue weighted by atomic mass is 15.1. The van der Waals surface area contributed by atoms with Gasteiger partial charge in [0.05, 0.1) is 28.0 Å². The SMILES string of the molecule is C1=C(c2cccc(-c3ccccc3)c2)NC(c2ccccc2)N=C1c1ccc(-c2ccc3nc(-c4ccccc4)c4c(ccc5c4c4ccccc4n5-c4ccccc4)c3c2)cc1. The summed E-state index contributed by atoms with van der Waals surface area (Å²) in [5, 5.41) is 9.65. The molecule has 1 atom stereocenters. The van der Waals surface area contributed by atoms with Crippen molar-refractivity contribution in [1.82, 2.24) is 14.9 Å². The molecule has 296 valence electrons. The lowest BCUT2D eigenvalue weighted by Gasteiger charge is -2.25. The van der Waals surface area contributed by atoms with Gasteiger partial charge in [-0.05, 0) is 92.9 Å². The van der Waals surface area contributed by atoms with Gasteiger partial charge in [0.15, 0.2) is 0 Å². The summed E-state index contributed by atoms with van der Waals surface area (Å²) in [6.45, 7) is 0. The van der Waals surface area contributed by atoms with Crippen LogP contribution < -0.4 is 5.32 Å². The fourth-order valence-electron chi connectivity index (χ4n) is 9.38. The molecule has 1 aliphatic rings. The van der Waals surface area contributed by atoms with Crippen LogP contribution in [0.4, 0.5) is 0 Å². The summed E-state index contributed by atoms with van der Waals surface area (Å²) >= 11 is 0. The van der Waals surface area contributed by atoms with Crippen molar-refractivity contribution in [2.75, 3.05) is 0 Å². The molecule has 1 unspecified atom stereocenters. The summed E-state index contributed by atoms with van der Waals surface area (Å²) in [6.07, 6.45) is 1.96. The van der Waals surface area contributed by atoms with Crippen molar-refractivity contribution in [3.8, 4) is 39.2 Å². The first-order chi connectivity index (χ1) is 31.2. The van der Waals surface area contributed by atoms with Crippen LogP contribution in [0.1, 0.15) is 22.9 Å². The van der Waals surface area contributed by atoms with Crippen molar-refractivity contribution in [3.05, 3.63) is 247 Å². The largest absolute Gasteiger partial charge is 0.360 e. The van der Waals surface area contributed by atoms with Gasteiger partial charge in [-0.25, -0.2) is 4.98 Å². The lowest BCUT2D eigenvalue weighted by molar-refractivity contribution is 0.664. The Labute approximate surface area is 365 Å². The van der Waals surface area contributed by atoms with Crippen molar-refractivity contribution in [2.45, 2.75) is 6.17 Å². The highest BCUT2D eigenvalue weighted by Gasteiger charge is 2.22. The van der Waals surface area contributed by atoms with Gasteiger partial charge in [-0.2, -0.15) is 0 Å². The summed E-state index contributed by atoms with van der Waals surface area (Å²) in [5.74, 6) is 0.